The number of carbonyl (C=O) groups excluding carboxylic acids is 1. The van der Waals surface area contributed by atoms with Gasteiger partial charge in [-0.05, 0) is 61.9 Å². The number of aryl methyl sites for hydroxylation is 3. The van der Waals surface area contributed by atoms with Crippen LogP contribution in [-0.4, -0.2) is 25.5 Å². The van der Waals surface area contributed by atoms with E-state index in [-0.39, 0.29) is 11.9 Å². The van der Waals surface area contributed by atoms with E-state index in [1.165, 1.54) is 22.9 Å². The van der Waals surface area contributed by atoms with E-state index in [4.69, 9.17) is 0 Å². The van der Waals surface area contributed by atoms with E-state index in [9.17, 15) is 4.79 Å². The van der Waals surface area contributed by atoms with E-state index in [0.717, 1.165) is 36.2 Å². The molecule has 1 atom stereocenters. The summed E-state index contributed by atoms with van der Waals surface area (Å²) in [5, 5.41) is 8.49. The Morgan fingerprint density at radius 1 is 1.12 bits per heavy atom. The Morgan fingerprint density at radius 3 is 2.84 bits per heavy atom. The van der Waals surface area contributed by atoms with Crippen LogP contribution in [0.3, 0.4) is 0 Å². The molecule has 0 fully saturated rings. The highest BCUT2D eigenvalue weighted by atomic mass is 32.2. The van der Waals surface area contributed by atoms with Crippen LogP contribution >= 0.6 is 11.8 Å². The second kappa shape index (κ2) is 8.74. The molecule has 0 radical (unpaired) electrons. The van der Waals surface area contributed by atoms with Crippen molar-refractivity contribution in [3.8, 4) is 0 Å². The summed E-state index contributed by atoms with van der Waals surface area (Å²) in [6.45, 7) is 3.95. The standard InChI is InChI=1S/C25H25N5OS/c1-16-14-17(2)30-24(26-16)28-25(29-30)32-15-19-9-4-6-12-21(19)23(31)27-22-13-7-10-18-8-3-5-11-20(18)22/h3-6,8-9,11-12,14,22H,7,10,13,15H2,1-2H3,(H,27,31)/t22-/m1/s1. The quantitative estimate of drug-likeness (QED) is 0.447. The molecule has 0 saturated carbocycles. The lowest BCUT2D eigenvalue weighted by Crippen LogP contribution is -2.31. The minimum Gasteiger partial charge on any atom is -0.345 e. The molecule has 2 aromatic carbocycles. The Hall–Kier alpha value is -3.19. The minimum atomic E-state index is -0.0287. The van der Waals surface area contributed by atoms with Gasteiger partial charge in [0.15, 0.2) is 0 Å². The maximum atomic E-state index is 13.2. The van der Waals surface area contributed by atoms with E-state index < -0.39 is 0 Å². The van der Waals surface area contributed by atoms with Crippen molar-refractivity contribution in [2.75, 3.05) is 0 Å². The molecule has 0 spiro atoms. The first-order chi connectivity index (χ1) is 15.6. The fourth-order valence-electron chi connectivity index (χ4n) is 4.36. The molecule has 0 saturated heterocycles. The topological polar surface area (TPSA) is 72.2 Å². The number of carbonyl (C=O) groups is 1. The Bertz CT molecular complexity index is 1300. The van der Waals surface area contributed by atoms with Crippen LogP contribution in [0.1, 0.15) is 57.3 Å². The summed E-state index contributed by atoms with van der Waals surface area (Å²) in [5.41, 5.74) is 6.18. The number of rotatable bonds is 5. The lowest BCUT2D eigenvalue weighted by molar-refractivity contribution is 0.0932. The van der Waals surface area contributed by atoms with Gasteiger partial charge in [0.2, 0.25) is 5.16 Å². The Morgan fingerprint density at radius 2 is 1.94 bits per heavy atom. The van der Waals surface area contributed by atoms with Crippen molar-refractivity contribution in [2.45, 2.75) is 50.1 Å². The zero-order chi connectivity index (χ0) is 22.1. The number of thioether (sulfide) groups is 1. The number of nitrogens with one attached hydrogen (secondary N) is 1. The lowest BCUT2D eigenvalue weighted by Gasteiger charge is -2.26. The van der Waals surface area contributed by atoms with E-state index in [2.05, 4.69) is 38.6 Å². The normalized spacial score (nSPS) is 15.5. The lowest BCUT2D eigenvalue weighted by atomic mass is 9.87. The van der Waals surface area contributed by atoms with Crippen LogP contribution in [0.2, 0.25) is 0 Å². The maximum Gasteiger partial charge on any atom is 0.253 e. The third-order valence-corrected chi connectivity index (χ3v) is 6.78. The second-order valence-corrected chi connectivity index (χ2v) is 9.15. The van der Waals surface area contributed by atoms with Crippen molar-refractivity contribution in [3.05, 3.63) is 88.2 Å². The summed E-state index contributed by atoms with van der Waals surface area (Å²) in [7, 11) is 0. The third-order valence-electron chi connectivity index (χ3n) is 5.89. The fraction of sp³-hybridized carbons (Fsp3) is 0.280. The molecule has 1 aliphatic rings. The molecular weight excluding hydrogens is 418 g/mol. The monoisotopic (exact) mass is 443 g/mol. The second-order valence-electron chi connectivity index (χ2n) is 8.21. The first-order valence-corrected chi connectivity index (χ1v) is 11.9. The molecule has 0 bridgehead atoms. The van der Waals surface area contributed by atoms with Gasteiger partial charge in [0.1, 0.15) is 0 Å². The highest BCUT2D eigenvalue weighted by Crippen LogP contribution is 2.30. The van der Waals surface area contributed by atoms with Crippen molar-refractivity contribution >= 4 is 23.4 Å². The Balaban J connectivity index is 1.33. The van der Waals surface area contributed by atoms with Crippen molar-refractivity contribution in [3.63, 3.8) is 0 Å². The molecular formula is C25H25N5OS. The van der Waals surface area contributed by atoms with Crippen LogP contribution in [0.15, 0.2) is 59.8 Å². The summed E-state index contributed by atoms with van der Waals surface area (Å²) < 4.78 is 1.76. The number of hydrogen-bond donors (Lipinski definition) is 1. The van der Waals surface area contributed by atoms with Crippen molar-refractivity contribution in [1.29, 1.82) is 0 Å². The largest absolute Gasteiger partial charge is 0.345 e. The molecule has 1 amide bonds. The molecule has 162 valence electrons. The van der Waals surface area contributed by atoms with E-state index in [1.807, 2.05) is 50.2 Å². The average Bonchev–Trinajstić information content (AvgIpc) is 3.21. The molecule has 5 rings (SSSR count). The van der Waals surface area contributed by atoms with Gasteiger partial charge in [-0.25, -0.2) is 9.50 Å². The van der Waals surface area contributed by atoms with Gasteiger partial charge in [0.25, 0.3) is 11.7 Å². The van der Waals surface area contributed by atoms with Crippen LogP contribution < -0.4 is 5.32 Å². The molecule has 1 aliphatic carbocycles. The van der Waals surface area contributed by atoms with Gasteiger partial charge in [-0.1, -0.05) is 54.2 Å². The van der Waals surface area contributed by atoms with Gasteiger partial charge in [-0.2, -0.15) is 4.98 Å². The summed E-state index contributed by atoms with van der Waals surface area (Å²) in [5.74, 6) is 1.19. The van der Waals surface area contributed by atoms with Crippen LogP contribution in [-0.2, 0) is 12.2 Å². The van der Waals surface area contributed by atoms with Crippen molar-refractivity contribution < 1.29 is 4.79 Å². The fourth-order valence-corrected chi connectivity index (χ4v) is 5.18. The summed E-state index contributed by atoms with van der Waals surface area (Å²) in [4.78, 5) is 22.2. The predicted octanol–water partition coefficient (Wildman–Crippen LogP) is 4.84. The van der Waals surface area contributed by atoms with Gasteiger partial charge < -0.3 is 5.32 Å². The van der Waals surface area contributed by atoms with Crippen LogP contribution in [0.4, 0.5) is 0 Å². The van der Waals surface area contributed by atoms with Crippen molar-refractivity contribution in [2.24, 2.45) is 0 Å². The van der Waals surface area contributed by atoms with Crippen molar-refractivity contribution in [1.82, 2.24) is 24.9 Å². The van der Waals surface area contributed by atoms with Crippen LogP contribution in [0, 0.1) is 13.8 Å². The van der Waals surface area contributed by atoms with Gasteiger partial charge in [-0.3, -0.25) is 4.79 Å². The molecule has 1 N–H and O–H groups in total. The number of benzene rings is 2. The predicted molar refractivity (Wildman–Crippen MR) is 126 cm³/mol. The molecule has 0 aliphatic heterocycles. The summed E-state index contributed by atoms with van der Waals surface area (Å²) in [6.07, 6.45) is 3.14. The number of aromatic nitrogens is 4. The van der Waals surface area contributed by atoms with E-state index >= 15 is 0 Å². The minimum absolute atomic E-state index is 0.0287. The third kappa shape index (κ3) is 4.12. The molecule has 2 aromatic heterocycles. The number of fused-ring (bicyclic) bond motifs is 2. The zero-order valence-electron chi connectivity index (χ0n) is 18.2. The highest BCUT2D eigenvalue weighted by Gasteiger charge is 2.23. The summed E-state index contributed by atoms with van der Waals surface area (Å²) >= 11 is 1.52. The average molecular weight is 444 g/mol. The summed E-state index contributed by atoms with van der Waals surface area (Å²) in [6, 6.07) is 18.2. The van der Waals surface area contributed by atoms with Gasteiger partial charge in [0.05, 0.1) is 6.04 Å². The Labute approximate surface area is 191 Å². The molecule has 2 heterocycles. The maximum absolute atomic E-state index is 13.2. The number of amides is 1. The SMILES string of the molecule is Cc1cc(C)n2nc(SCc3ccccc3C(=O)N[C@@H]3CCCc4ccccc43)nc2n1. The molecule has 32 heavy (non-hydrogen) atoms. The first-order valence-electron chi connectivity index (χ1n) is 10.9. The zero-order valence-corrected chi connectivity index (χ0v) is 19.0. The highest BCUT2D eigenvalue weighted by molar-refractivity contribution is 7.98. The van der Waals surface area contributed by atoms with Gasteiger partial charge in [0, 0.05) is 22.7 Å². The Kier molecular flexibility index (Phi) is 5.66. The van der Waals surface area contributed by atoms with Gasteiger partial charge >= 0.3 is 0 Å². The smallest absolute Gasteiger partial charge is 0.253 e. The molecule has 4 aromatic rings. The van der Waals surface area contributed by atoms with Gasteiger partial charge in [-0.15, -0.1) is 5.10 Å². The van der Waals surface area contributed by atoms with E-state index in [1.54, 1.807) is 4.52 Å². The van der Waals surface area contributed by atoms with Crippen LogP contribution in [0.5, 0.6) is 0 Å². The number of hydrogen-bond acceptors (Lipinski definition) is 5. The number of nitrogens with zero attached hydrogens (tertiary/aromatic N) is 4. The van der Waals surface area contributed by atoms with Crippen LogP contribution in [0.25, 0.3) is 5.78 Å². The molecule has 6 nitrogen and oxygen atoms in total. The van der Waals surface area contributed by atoms with E-state index in [0.29, 0.717) is 22.3 Å². The first kappa shape index (κ1) is 20.7. The molecule has 0 unspecified atom stereocenters. The molecule has 7 heteroatoms.